The minimum absolute atomic E-state index is 0.423. The Kier molecular flexibility index (Phi) is 4.59. The molecule has 0 atom stereocenters. The summed E-state index contributed by atoms with van der Waals surface area (Å²) >= 11 is 5.86. The van der Waals surface area contributed by atoms with Crippen LogP contribution in [0.2, 0.25) is 5.02 Å². The summed E-state index contributed by atoms with van der Waals surface area (Å²) in [5.74, 6) is -0.862. The molecular weight excluding hydrogens is 262 g/mol. The molecule has 3 nitrogen and oxygen atoms in total. The van der Waals surface area contributed by atoms with Crippen molar-refractivity contribution in [1.82, 2.24) is 0 Å². The van der Waals surface area contributed by atoms with Crippen molar-refractivity contribution >= 4 is 29.0 Å². The molecule has 1 aromatic rings. The number of unbranched alkanes of at least 4 members (excludes halogenated alkanes) is 4. The maximum atomic E-state index is 11.9. The van der Waals surface area contributed by atoms with Gasteiger partial charge in [0, 0.05) is 11.6 Å². The smallest absolute Gasteiger partial charge is 0.299 e. The molecule has 0 N–H and O–H groups in total. The Morgan fingerprint density at radius 1 is 1.11 bits per heavy atom. The zero-order valence-electron chi connectivity index (χ0n) is 11.1. The van der Waals surface area contributed by atoms with Crippen molar-refractivity contribution < 1.29 is 9.59 Å². The Hall–Kier alpha value is -1.35. The minimum Gasteiger partial charge on any atom is -0.305 e. The van der Waals surface area contributed by atoms with E-state index in [9.17, 15) is 9.59 Å². The number of carbonyl (C=O) groups excluding carboxylic acids is 2. The number of rotatable bonds is 6. The van der Waals surface area contributed by atoms with E-state index in [1.807, 2.05) is 0 Å². The molecule has 1 amide bonds. The number of nitrogens with zero attached hydrogens (tertiary/aromatic N) is 1. The van der Waals surface area contributed by atoms with Crippen LogP contribution in [0.15, 0.2) is 18.2 Å². The molecule has 0 saturated heterocycles. The molecule has 2 rings (SSSR count). The third-order valence-electron chi connectivity index (χ3n) is 3.42. The van der Waals surface area contributed by atoms with E-state index < -0.39 is 11.7 Å². The van der Waals surface area contributed by atoms with Crippen molar-refractivity contribution in [3.63, 3.8) is 0 Å². The second kappa shape index (κ2) is 6.20. The van der Waals surface area contributed by atoms with Crippen LogP contribution < -0.4 is 4.90 Å². The summed E-state index contributed by atoms with van der Waals surface area (Å²) in [6.45, 7) is 2.78. The summed E-state index contributed by atoms with van der Waals surface area (Å²) in [5, 5.41) is 0.490. The molecule has 1 aliphatic rings. The first-order chi connectivity index (χ1) is 9.15. The van der Waals surface area contributed by atoms with Gasteiger partial charge in [0.15, 0.2) is 0 Å². The van der Waals surface area contributed by atoms with Gasteiger partial charge in [-0.2, -0.15) is 0 Å². The lowest BCUT2D eigenvalue weighted by molar-refractivity contribution is -0.114. The second-order valence-electron chi connectivity index (χ2n) is 4.86. The highest BCUT2D eigenvalue weighted by molar-refractivity contribution is 6.52. The van der Waals surface area contributed by atoms with Crippen molar-refractivity contribution in [1.29, 1.82) is 0 Å². The first-order valence-corrected chi connectivity index (χ1v) is 7.18. The van der Waals surface area contributed by atoms with Crippen LogP contribution in [0, 0.1) is 0 Å². The number of Topliss-reactive ketones (excluding diaryl/α,β-unsaturated/α-hetero) is 1. The van der Waals surface area contributed by atoms with Crippen LogP contribution in [0.1, 0.15) is 49.4 Å². The monoisotopic (exact) mass is 279 g/mol. The van der Waals surface area contributed by atoms with Crippen molar-refractivity contribution in [3.8, 4) is 0 Å². The molecule has 0 aliphatic carbocycles. The number of fused-ring (bicyclic) bond motifs is 1. The third-order valence-corrected chi connectivity index (χ3v) is 3.65. The molecule has 0 fully saturated rings. The zero-order chi connectivity index (χ0) is 13.8. The van der Waals surface area contributed by atoms with Crippen molar-refractivity contribution in [2.24, 2.45) is 0 Å². The van der Waals surface area contributed by atoms with Crippen LogP contribution in [-0.4, -0.2) is 18.2 Å². The van der Waals surface area contributed by atoms with E-state index >= 15 is 0 Å². The number of benzene rings is 1. The van der Waals surface area contributed by atoms with Crippen LogP contribution in [-0.2, 0) is 4.79 Å². The number of carbonyl (C=O) groups is 2. The van der Waals surface area contributed by atoms with Gasteiger partial charge in [-0.05, 0) is 24.6 Å². The highest BCUT2D eigenvalue weighted by atomic mass is 35.5. The summed E-state index contributed by atoms with van der Waals surface area (Å²) in [4.78, 5) is 25.4. The SMILES string of the molecule is CCCCCCCN1C(=O)C(=O)c2cc(Cl)ccc21. The largest absolute Gasteiger partial charge is 0.305 e. The van der Waals surface area contributed by atoms with Crippen molar-refractivity contribution in [2.45, 2.75) is 39.0 Å². The van der Waals surface area contributed by atoms with Gasteiger partial charge >= 0.3 is 0 Å². The quantitative estimate of drug-likeness (QED) is 0.586. The van der Waals surface area contributed by atoms with Crippen molar-refractivity contribution in [2.75, 3.05) is 11.4 Å². The van der Waals surface area contributed by atoms with Crippen LogP contribution in [0.5, 0.6) is 0 Å². The van der Waals surface area contributed by atoms with E-state index in [1.165, 1.54) is 19.3 Å². The molecule has 102 valence electrons. The number of amides is 1. The first kappa shape index (κ1) is 14.1. The number of anilines is 1. The van der Waals surface area contributed by atoms with Gasteiger partial charge in [0.1, 0.15) is 0 Å². The van der Waals surface area contributed by atoms with Gasteiger partial charge in [-0.25, -0.2) is 0 Å². The van der Waals surface area contributed by atoms with Gasteiger partial charge in [0.05, 0.1) is 11.3 Å². The normalized spacial score (nSPS) is 14.1. The fourth-order valence-corrected chi connectivity index (χ4v) is 2.54. The van der Waals surface area contributed by atoms with Crippen molar-refractivity contribution in [3.05, 3.63) is 28.8 Å². The topological polar surface area (TPSA) is 37.4 Å². The maximum Gasteiger partial charge on any atom is 0.299 e. The van der Waals surface area contributed by atoms with E-state index in [4.69, 9.17) is 11.6 Å². The molecule has 19 heavy (non-hydrogen) atoms. The molecule has 0 radical (unpaired) electrons. The van der Waals surface area contributed by atoms with E-state index in [0.717, 1.165) is 12.8 Å². The molecule has 1 aromatic carbocycles. The Labute approximate surface area is 118 Å². The lowest BCUT2D eigenvalue weighted by atomic mass is 10.1. The molecule has 0 unspecified atom stereocenters. The van der Waals surface area contributed by atoms with Gasteiger partial charge in [-0.3, -0.25) is 9.59 Å². The van der Waals surface area contributed by atoms with Crippen LogP contribution in [0.25, 0.3) is 0 Å². The Bertz CT molecular complexity index is 499. The predicted molar refractivity (Wildman–Crippen MR) is 76.9 cm³/mol. The van der Waals surface area contributed by atoms with E-state index in [0.29, 0.717) is 22.8 Å². The molecule has 1 aliphatic heterocycles. The van der Waals surface area contributed by atoms with Crippen LogP contribution in [0.4, 0.5) is 5.69 Å². The Balaban J connectivity index is 2.02. The summed E-state index contributed by atoms with van der Waals surface area (Å²) in [6.07, 6.45) is 5.62. The standard InChI is InChI=1S/C15H18ClNO2/c1-2-3-4-5-6-9-17-13-8-7-11(16)10-12(13)14(18)15(17)19/h7-8,10H,2-6,9H2,1H3. The van der Waals surface area contributed by atoms with Gasteiger partial charge in [0.25, 0.3) is 11.7 Å². The molecule has 0 aromatic heterocycles. The van der Waals surface area contributed by atoms with E-state index in [2.05, 4.69) is 6.92 Å². The van der Waals surface area contributed by atoms with Gasteiger partial charge in [-0.15, -0.1) is 0 Å². The average molecular weight is 280 g/mol. The predicted octanol–water partition coefficient (Wildman–Crippen LogP) is 3.84. The first-order valence-electron chi connectivity index (χ1n) is 6.81. The van der Waals surface area contributed by atoms with Gasteiger partial charge < -0.3 is 4.90 Å². The highest BCUT2D eigenvalue weighted by Crippen LogP contribution is 2.31. The zero-order valence-corrected chi connectivity index (χ0v) is 11.9. The molecule has 4 heteroatoms. The lowest BCUT2D eigenvalue weighted by Gasteiger charge is -2.16. The molecule has 0 saturated carbocycles. The van der Waals surface area contributed by atoms with E-state index in [1.54, 1.807) is 23.1 Å². The summed E-state index contributed by atoms with van der Waals surface area (Å²) in [7, 11) is 0. The number of ketones is 1. The van der Waals surface area contributed by atoms with E-state index in [-0.39, 0.29) is 0 Å². The Morgan fingerprint density at radius 3 is 2.58 bits per heavy atom. The molecule has 1 heterocycles. The van der Waals surface area contributed by atoms with Gasteiger partial charge in [0.2, 0.25) is 0 Å². The lowest BCUT2D eigenvalue weighted by Crippen LogP contribution is -2.30. The van der Waals surface area contributed by atoms with Gasteiger partial charge in [-0.1, -0.05) is 44.2 Å². The number of hydrogen-bond acceptors (Lipinski definition) is 2. The molecule has 0 spiro atoms. The second-order valence-corrected chi connectivity index (χ2v) is 5.30. The average Bonchev–Trinajstić information content (AvgIpc) is 2.63. The fraction of sp³-hybridized carbons (Fsp3) is 0.467. The van der Waals surface area contributed by atoms with Crippen LogP contribution >= 0.6 is 11.6 Å². The molecule has 0 bridgehead atoms. The number of hydrogen-bond donors (Lipinski definition) is 0. The number of halogens is 1. The fourth-order valence-electron chi connectivity index (χ4n) is 2.37. The molecular formula is C15H18ClNO2. The summed E-state index contributed by atoms with van der Waals surface area (Å²) in [6, 6.07) is 5.05. The van der Waals surface area contributed by atoms with Crippen LogP contribution in [0.3, 0.4) is 0 Å². The summed E-state index contributed by atoms with van der Waals surface area (Å²) < 4.78 is 0. The Morgan fingerprint density at radius 2 is 1.84 bits per heavy atom. The third kappa shape index (κ3) is 2.98. The maximum absolute atomic E-state index is 11.9. The summed E-state index contributed by atoms with van der Waals surface area (Å²) in [5.41, 5.74) is 1.14. The minimum atomic E-state index is -0.439. The highest BCUT2D eigenvalue weighted by Gasteiger charge is 2.35.